The van der Waals surface area contributed by atoms with Crippen molar-refractivity contribution in [2.24, 2.45) is 10.9 Å². The highest BCUT2D eigenvalue weighted by Crippen LogP contribution is 2.28. The number of amidine groups is 1. The Balaban J connectivity index is 2.33. The van der Waals surface area contributed by atoms with Crippen molar-refractivity contribution in [3.63, 3.8) is 0 Å². The normalized spacial score (nSPS) is 29.3. The molecule has 1 saturated carbocycles. The lowest BCUT2D eigenvalue weighted by atomic mass is 10.1. The van der Waals surface area contributed by atoms with E-state index in [4.69, 9.17) is 10.9 Å². The monoisotopic (exact) mass is 231 g/mol. The predicted octanol–water partition coefficient (Wildman–Crippen LogP) is 1.39. The number of rotatable bonds is 5. The van der Waals surface area contributed by atoms with E-state index in [-0.39, 0.29) is 6.04 Å². The van der Waals surface area contributed by atoms with Gasteiger partial charge in [-0.1, -0.05) is 11.6 Å². The quantitative estimate of drug-likeness (QED) is 0.289. The Bertz CT molecular complexity index is 223. The van der Waals surface area contributed by atoms with E-state index in [1.54, 1.807) is 0 Å². The minimum Gasteiger partial charge on any atom is -0.409 e. The van der Waals surface area contributed by atoms with E-state index in [0.29, 0.717) is 18.3 Å². The second-order valence-electron chi connectivity index (χ2n) is 4.17. The molecule has 0 saturated heterocycles. The first-order valence-electron chi connectivity index (χ1n) is 5.42. The van der Waals surface area contributed by atoms with Gasteiger partial charge in [-0.3, -0.25) is 0 Å². The summed E-state index contributed by atoms with van der Waals surface area (Å²) in [5.41, 5.74) is 5.47. The van der Waals surface area contributed by atoms with Crippen LogP contribution in [0.3, 0.4) is 0 Å². The molecule has 0 aromatic carbocycles. The van der Waals surface area contributed by atoms with E-state index in [1.807, 2.05) is 11.8 Å². The second kappa shape index (κ2) is 6.23. The second-order valence-corrected chi connectivity index (χ2v) is 5.25. The van der Waals surface area contributed by atoms with Gasteiger partial charge >= 0.3 is 0 Å². The molecule has 0 spiro atoms. The molecule has 3 unspecified atom stereocenters. The molecule has 1 aliphatic rings. The first-order valence-corrected chi connectivity index (χ1v) is 6.71. The largest absolute Gasteiger partial charge is 0.409 e. The molecule has 15 heavy (non-hydrogen) atoms. The summed E-state index contributed by atoms with van der Waals surface area (Å²) in [7, 11) is 0. The summed E-state index contributed by atoms with van der Waals surface area (Å²) in [4.78, 5) is 0. The van der Waals surface area contributed by atoms with Gasteiger partial charge in [-0.2, -0.15) is 11.8 Å². The third-order valence-electron chi connectivity index (χ3n) is 2.90. The van der Waals surface area contributed by atoms with Crippen LogP contribution in [0, 0.1) is 0 Å². The van der Waals surface area contributed by atoms with Gasteiger partial charge in [0.25, 0.3) is 0 Å². The number of oxime groups is 1. The number of nitrogens with two attached hydrogens (primary N) is 1. The maximum atomic E-state index is 8.47. The van der Waals surface area contributed by atoms with Crippen molar-refractivity contribution in [2.75, 3.05) is 6.26 Å². The average molecular weight is 231 g/mol. The number of nitrogens with one attached hydrogen (secondary N) is 1. The highest BCUT2D eigenvalue weighted by Gasteiger charge is 2.27. The molecule has 0 aromatic heterocycles. The summed E-state index contributed by atoms with van der Waals surface area (Å²) in [6.45, 7) is 2.08. The Morgan fingerprint density at radius 1 is 1.67 bits per heavy atom. The smallest absolute Gasteiger partial charge is 0.140 e. The average Bonchev–Trinajstić information content (AvgIpc) is 2.64. The van der Waals surface area contributed by atoms with Crippen molar-refractivity contribution in [1.29, 1.82) is 0 Å². The SMILES string of the molecule is CSC1CCCC1NC(C)CC(N)=NO. The fourth-order valence-electron chi connectivity index (χ4n) is 2.18. The van der Waals surface area contributed by atoms with Crippen LogP contribution in [0.25, 0.3) is 0 Å². The molecule has 5 heteroatoms. The fourth-order valence-corrected chi connectivity index (χ4v) is 3.12. The molecule has 88 valence electrons. The van der Waals surface area contributed by atoms with Crippen LogP contribution in [0.1, 0.15) is 32.6 Å². The first-order chi connectivity index (χ1) is 7.17. The topological polar surface area (TPSA) is 70.6 Å². The molecule has 0 radical (unpaired) electrons. The standard InChI is InChI=1S/C10H21N3OS/c1-7(6-10(11)13-14)12-8-4-3-5-9(8)15-2/h7-9,12,14H,3-6H2,1-2H3,(H2,11,13). The van der Waals surface area contributed by atoms with Crippen molar-refractivity contribution in [2.45, 2.75) is 49.9 Å². The maximum Gasteiger partial charge on any atom is 0.140 e. The molecule has 1 rings (SSSR count). The first kappa shape index (κ1) is 12.6. The zero-order chi connectivity index (χ0) is 11.3. The Hall–Kier alpha value is -0.420. The third kappa shape index (κ3) is 3.91. The lowest BCUT2D eigenvalue weighted by molar-refractivity contribution is 0.315. The molecule has 0 amide bonds. The number of hydrogen-bond acceptors (Lipinski definition) is 4. The maximum absolute atomic E-state index is 8.47. The Morgan fingerprint density at radius 3 is 3.00 bits per heavy atom. The van der Waals surface area contributed by atoms with Crippen LogP contribution >= 0.6 is 11.8 Å². The molecule has 0 bridgehead atoms. The lowest BCUT2D eigenvalue weighted by Gasteiger charge is -2.23. The molecular weight excluding hydrogens is 210 g/mol. The molecular formula is C10H21N3OS. The Kier molecular flexibility index (Phi) is 5.25. The molecule has 1 aliphatic carbocycles. The third-order valence-corrected chi connectivity index (χ3v) is 4.07. The molecule has 1 fully saturated rings. The van der Waals surface area contributed by atoms with Crippen molar-refractivity contribution in [3.05, 3.63) is 0 Å². The number of thioether (sulfide) groups is 1. The van der Waals surface area contributed by atoms with E-state index in [1.165, 1.54) is 19.3 Å². The minimum atomic E-state index is 0.277. The molecule has 0 aromatic rings. The Morgan fingerprint density at radius 2 is 2.40 bits per heavy atom. The fraction of sp³-hybridized carbons (Fsp3) is 0.900. The molecule has 4 nitrogen and oxygen atoms in total. The van der Waals surface area contributed by atoms with E-state index in [0.717, 1.165) is 5.25 Å². The van der Waals surface area contributed by atoms with Gasteiger partial charge in [-0.25, -0.2) is 0 Å². The van der Waals surface area contributed by atoms with Gasteiger partial charge in [0.2, 0.25) is 0 Å². The van der Waals surface area contributed by atoms with E-state index in [9.17, 15) is 0 Å². The predicted molar refractivity (Wildman–Crippen MR) is 65.6 cm³/mol. The molecule has 3 atom stereocenters. The van der Waals surface area contributed by atoms with E-state index in [2.05, 4.69) is 23.7 Å². The van der Waals surface area contributed by atoms with Crippen LogP contribution in [0.5, 0.6) is 0 Å². The van der Waals surface area contributed by atoms with Crippen molar-refractivity contribution >= 4 is 17.6 Å². The van der Waals surface area contributed by atoms with Gasteiger partial charge in [0.15, 0.2) is 0 Å². The zero-order valence-electron chi connectivity index (χ0n) is 9.44. The molecule has 4 N–H and O–H groups in total. The van der Waals surface area contributed by atoms with Crippen LogP contribution in [0.4, 0.5) is 0 Å². The van der Waals surface area contributed by atoms with Crippen molar-refractivity contribution < 1.29 is 5.21 Å². The molecule has 0 aliphatic heterocycles. The van der Waals surface area contributed by atoms with Gasteiger partial charge in [-0.15, -0.1) is 0 Å². The van der Waals surface area contributed by atoms with Gasteiger partial charge in [0.05, 0.1) is 0 Å². The van der Waals surface area contributed by atoms with Crippen LogP contribution in [0.15, 0.2) is 5.16 Å². The summed E-state index contributed by atoms with van der Waals surface area (Å²) in [5, 5.41) is 15.7. The van der Waals surface area contributed by atoms with Gasteiger partial charge in [0, 0.05) is 23.8 Å². The number of hydrogen-bond donors (Lipinski definition) is 3. The van der Waals surface area contributed by atoms with E-state index < -0.39 is 0 Å². The van der Waals surface area contributed by atoms with Crippen LogP contribution in [-0.4, -0.2) is 34.6 Å². The lowest BCUT2D eigenvalue weighted by Crippen LogP contribution is -2.41. The van der Waals surface area contributed by atoms with Gasteiger partial charge in [0.1, 0.15) is 5.84 Å². The van der Waals surface area contributed by atoms with Crippen LogP contribution in [0.2, 0.25) is 0 Å². The van der Waals surface area contributed by atoms with Crippen LogP contribution in [-0.2, 0) is 0 Å². The summed E-state index contributed by atoms with van der Waals surface area (Å²) in [5.74, 6) is 0.300. The highest BCUT2D eigenvalue weighted by atomic mass is 32.2. The summed E-state index contributed by atoms with van der Waals surface area (Å²) in [6.07, 6.45) is 6.62. The van der Waals surface area contributed by atoms with Crippen molar-refractivity contribution in [3.8, 4) is 0 Å². The summed E-state index contributed by atoms with van der Waals surface area (Å²) < 4.78 is 0. The number of nitrogens with zero attached hydrogens (tertiary/aromatic N) is 1. The Labute approximate surface area is 95.7 Å². The zero-order valence-corrected chi connectivity index (χ0v) is 10.3. The molecule has 0 heterocycles. The highest BCUT2D eigenvalue weighted by molar-refractivity contribution is 7.99. The summed E-state index contributed by atoms with van der Waals surface area (Å²) >= 11 is 1.93. The van der Waals surface area contributed by atoms with E-state index >= 15 is 0 Å². The van der Waals surface area contributed by atoms with Gasteiger partial charge in [-0.05, 0) is 26.0 Å². The minimum absolute atomic E-state index is 0.277. The summed E-state index contributed by atoms with van der Waals surface area (Å²) in [6, 6.07) is 0.861. The van der Waals surface area contributed by atoms with Gasteiger partial charge < -0.3 is 16.3 Å². The van der Waals surface area contributed by atoms with Crippen molar-refractivity contribution in [1.82, 2.24) is 5.32 Å². The van der Waals surface area contributed by atoms with Crippen LogP contribution < -0.4 is 11.1 Å².